The summed E-state index contributed by atoms with van der Waals surface area (Å²) >= 11 is 3.09. The minimum absolute atomic E-state index is 0.139. The van der Waals surface area contributed by atoms with E-state index in [1.54, 1.807) is 12.1 Å². The molecule has 0 aliphatic carbocycles. The maximum atomic E-state index is 13.0. The van der Waals surface area contributed by atoms with Gasteiger partial charge in [-0.05, 0) is 41.1 Å². The van der Waals surface area contributed by atoms with E-state index >= 15 is 0 Å². The van der Waals surface area contributed by atoms with Crippen LogP contribution in [-0.2, 0) is 0 Å². The molecule has 13 heavy (non-hydrogen) atoms. The lowest BCUT2D eigenvalue weighted by Crippen LogP contribution is -2.11. The molecule has 0 fully saturated rings. The van der Waals surface area contributed by atoms with E-state index in [0.29, 0.717) is 4.47 Å². The SMILES string of the molecule is C=CC(C)Nc1ccc(Br)c(F)c1. The molecule has 0 saturated heterocycles. The second-order valence-electron chi connectivity index (χ2n) is 2.80. The first-order valence-electron chi connectivity index (χ1n) is 3.97. The zero-order chi connectivity index (χ0) is 9.84. The van der Waals surface area contributed by atoms with Gasteiger partial charge in [0.15, 0.2) is 0 Å². The molecule has 1 nitrogen and oxygen atoms in total. The summed E-state index contributed by atoms with van der Waals surface area (Å²) < 4.78 is 13.5. The molecule has 1 rings (SSSR count). The molecule has 0 aliphatic heterocycles. The van der Waals surface area contributed by atoms with Crippen LogP contribution < -0.4 is 5.32 Å². The first kappa shape index (κ1) is 10.3. The summed E-state index contributed by atoms with van der Waals surface area (Å²) in [6.07, 6.45) is 1.76. The summed E-state index contributed by atoms with van der Waals surface area (Å²) in [5.41, 5.74) is 0.758. The van der Waals surface area contributed by atoms with Gasteiger partial charge < -0.3 is 5.32 Å². The van der Waals surface area contributed by atoms with Crippen LogP contribution in [0.1, 0.15) is 6.92 Å². The van der Waals surface area contributed by atoms with Crippen molar-refractivity contribution in [3.63, 3.8) is 0 Å². The molecule has 0 aromatic heterocycles. The van der Waals surface area contributed by atoms with E-state index in [1.165, 1.54) is 6.07 Å². The van der Waals surface area contributed by atoms with Crippen LogP contribution in [0.5, 0.6) is 0 Å². The largest absolute Gasteiger partial charge is 0.379 e. The van der Waals surface area contributed by atoms with Gasteiger partial charge in [0.1, 0.15) is 5.82 Å². The molecule has 1 unspecified atom stereocenters. The summed E-state index contributed by atoms with van der Waals surface area (Å²) in [5, 5.41) is 3.08. The molecule has 0 radical (unpaired) electrons. The third-order valence-electron chi connectivity index (χ3n) is 1.67. The average Bonchev–Trinajstić information content (AvgIpc) is 2.11. The van der Waals surface area contributed by atoms with Crippen molar-refractivity contribution < 1.29 is 4.39 Å². The van der Waals surface area contributed by atoms with Crippen LogP contribution >= 0.6 is 15.9 Å². The Hall–Kier alpha value is -0.830. The van der Waals surface area contributed by atoms with Crippen LogP contribution in [0, 0.1) is 5.82 Å². The molecular formula is C10H11BrFN. The Kier molecular flexibility index (Phi) is 3.48. The predicted molar refractivity (Wildman–Crippen MR) is 57.4 cm³/mol. The zero-order valence-electron chi connectivity index (χ0n) is 7.35. The molecule has 1 aromatic carbocycles. The second kappa shape index (κ2) is 4.42. The van der Waals surface area contributed by atoms with Gasteiger partial charge in [0.05, 0.1) is 4.47 Å². The van der Waals surface area contributed by atoms with Crippen LogP contribution in [0.2, 0.25) is 0 Å². The molecular weight excluding hydrogens is 233 g/mol. The van der Waals surface area contributed by atoms with E-state index in [-0.39, 0.29) is 11.9 Å². The van der Waals surface area contributed by atoms with Gasteiger partial charge in [0, 0.05) is 11.7 Å². The quantitative estimate of drug-likeness (QED) is 0.801. The highest BCUT2D eigenvalue weighted by atomic mass is 79.9. The van der Waals surface area contributed by atoms with E-state index in [2.05, 4.69) is 27.8 Å². The molecule has 0 heterocycles. The molecule has 0 bridgehead atoms. The van der Waals surface area contributed by atoms with Gasteiger partial charge in [0.25, 0.3) is 0 Å². The number of nitrogens with one attached hydrogen (secondary N) is 1. The number of anilines is 1. The van der Waals surface area contributed by atoms with Crippen LogP contribution in [0.4, 0.5) is 10.1 Å². The van der Waals surface area contributed by atoms with Crippen molar-refractivity contribution in [1.29, 1.82) is 0 Å². The monoisotopic (exact) mass is 243 g/mol. The maximum absolute atomic E-state index is 13.0. The van der Waals surface area contributed by atoms with E-state index < -0.39 is 0 Å². The summed E-state index contributed by atoms with van der Waals surface area (Å²) in [7, 11) is 0. The number of benzene rings is 1. The van der Waals surface area contributed by atoms with Crippen molar-refractivity contribution in [1.82, 2.24) is 0 Å². The van der Waals surface area contributed by atoms with Crippen LogP contribution in [-0.4, -0.2) is 6.04 Å². The van der Waals surface area contributed by atoms with E-state index in [1.807, 2.05) is 13.0 Å². The van der Waals surface area contributed by atoms with Gasteiger partial charge in [-0.15, -0.1) is 6.58 Å². The van der Waals surface area contributed by atoms with Gasteiger partial charge in [-0.2, -0.15) is 0 Å². The van der Waals surface area contributed by atoms with Crippen molar-refractivity contribution in [2.75, 3.05) is 5.32 Å². The second-order valence-corrected chi connectivity index (χ2v) is 3.65. The lowest BCUT2D eigenvalue weighted by Gasteiger charge is -2.10. The molecule has 1 aromatic rings. The van der Waals surface area contributed by atoms with E-state index in [0.717, 1.165) is 5.69 Å². The Morgan fingerprint density at radius 3 is 2.85 bits per heavy atom. The molecule has 3 heteroatoms. The smallest absolute Gasteiger partial charge is 0.139 e. The van der Waals surface area contributed by atoms with Gasteiger partial charge in [-0.1, -0.05) is 6.08 Å². The van der Waals surface area contributed by atoms with Gasteiger partial charge in [-0.3, -0.25) is 0 Å². The lowest BCUT2D eigenvalue weighted by molar-refractivity contribution is 0.621. The standard InChI is InChI=1S/C10H11BrFN/c1-3-7(2)13-8-4-5-9(11)10(12)6-8/h3-7,13H,1H2,2H3. The zero-order valence-corrected chi connectivity index (χ0v) is 8.94. The summed E-state index contributed by atoms with van der Waals surface area (Å²) in [5.74, 6) is -0.263. The van der Waals surface area contributed by atoms with E-state index in [4.69, 9.17) is 0 Å². The normalized spacial score (nSPS) is 12.2. The minimum atomic E-state index is -0.263. The van der Waals surface area contributed by atoms with Crippen molar-refractivity contribution in [3.8, 4) is 0 Å². The summed E-state index contributed by atoms with van der Waals surface area (Å²) in [4.78, 5) is 0. The van der Waals surface area contributed by atoms with Crippen LogP contribution in [0.3, 0.4) is 0 Å². The fourth-order valence-electron chi connectivity index (χ4n) is 0.908. The summed E-state index contributed by atoms with van der Waals surface area (Å²) in [6.45, 7) is 5.58. The fourth-order valence-corrected chi connectivity index (χ4v) is 1.15. The van der Waals surface area contributed by atoms with Crippen molar-refractivity contribution in [3.05, 3.63) is 41.1 Å². The van der Waals surface area contributed by atoms with Gasteiger partial charge in [0.2, 0.25) is 0 Å². The average molecular weight is 244 g/mol. The van der Waals surface area contributed by atoms with Crippen LogP contribution in [0.15, 0.2) is 35.3 Å². The molecule has 70 valence electrons. The Labute approximate surface area is 85.8 Å². The molecule has 1 atom stereocenters. The Bertz CT molecular complexity index is 312. The van der Waals surface area contributed by atoms with Gasteiger partial charge in [-0.25, -0.2) is 4.39 Å². The number of rotatable bonds is 3. The Balaban J connectivity index is 2.79. The fraction of sp³-hybridized carbons (Fsp3) is 0.200. The lowest BCUT2D eigenvalue weighted by atomic mass is 10.2. The first-order valence-corrected chi connectivity index (χ1v) is 4.77. The topological polar surface area (TPSA) is 12.0 Å². The number of halogens is 2. The predicted octanol–water partition coefficient (Wildman–Crippen LogP) is 3.57. The van der Waals surface area contributed by atoms with Crippen molar-refractivity contribution >= 4 is 21.6 Å². The molecule has 0 spiro atoms. The molecule has 0 aliphatic rings. The highest BCUT2D eigenvalue weighted by molar-refractivity contribution is 9.10. The molecule has 0 amide bonds. The Morgan fingerprint density at radius 1 is 1.62 bits per heavy atom. The maximum Gasteiger partial charge on any atom is 0.139 e. The first-order chi connectivity index (χ1) is 6.13. The highest BCUT2D eigenvalue weighted by Crippen LogP contribution is 2.19. The van der Waals surface area contributed by atoms with Gasteiger partial charge >= 0.3 is 0 Å². The minimum Gasteiger partial charge on any atom is -0.379 e. The molecule has 0 saturated carbocycles. The van der Waals surface area contributed by atoms with E-state index in [9.17, 15) is 4.39 Å². The van der Waals surface area contributed by atoms with Crippen LogP contribution in [0.25, 0.3) is 0 Å². The van der Waals surface area contributed by atoms with Crippen molar-refractivity contribution in [2.24, 2.45) is 0 Å². The Morgan fingerprint density at radius 2 is 2.31 bits per heavy atom. The number of hydrogen-bond acceptors (Lipinski definition) is 1. The third-order valence-corrected chi connectivity index (χ3v) is 2.31. The van der Waals surface area contributed by atoms with Crippen molar-refractivity contribution in [2.45, 2.75) is 13.0 Å². The summed E-state index contributed by atoms with van der Waals surface area (Å²) in [6, 6.07) is 5.07. The number of hydrogen-bond donors (Lipinski definition) is 1. The third kappa shape index (κ3) is 2.84. The highest BCUT2D eigenvalue weighted by Gasteiger charge is 2.01. The molecule has 1 N–H and O–H groups in total.